The number of nitrogens with one attached hydrogen (secondary N) is 1. The molecule has 1 heterocycles. The molecule has 1 rings (SSSR count). The minimum Gasteiger partial charge on any atom is -0.314 e. The van der Waals surface area contributed by atoms with Gasteiger partial charge in [-0.05, 0) is 46.2 Å². The molecule has 20 heavy (non-hydrogen) atoms. The van der Waals surface area contributed by atoms with Gasteiger partial charge >= 0.3 is 0 Å². The lowest BCUT2D eigenvalue weighted by Gasteiger charge is -2.39. The number of nitrogens with zero attached hydrogens (tertiary/aromatic N) is 1. The topological polar surface area (TPSA) is 49.4 Å². The number of sulfone groups is 1. The molecule has 1 N–H and O–H groups in total. The maximum absolute atomic E-state index is 12.2. The molecular formula is C15H32N2O2S. The van der Waals surface area contributed by atoms with E-state index in [2.05, 4.69) is 24.1 Å². The van der Waals surface area contributed by atoms with Gasteiger partial charge in [0.15, 0.2) is 9.84 Å². The first-order chi connectivity index (χ1) is 9.21. The van der Waals surface area contributed by atoms with E-state index in [9.17, 15) is 8.42 Å². The van der Waals surface area contributed by atoms with Crippen LogP contribution in [0, 0.1) is 5.92 Å². The quantitative estimate of drug-likeness (QED) is 0.814. The molecule has 5 heteroatoms. The third kappa shape index (κ3) is 4.71. The summed E-state index contributed by atoms with van der Waals surface area (Å²) < 4.78 is 23.7. The van der Waals surface area contributed by atoms with E-state index in [1.807, 2.05) is 0 Å². The van der Waals surface area contributed by atoms with Gasteiger partial charge in [-0.1, -0.05) is 20.3 Å². The molecule has 0 saturated carbocycles. The largest absolute Gasteiger partial charge is 0.314 e. The first-order valence-electron chi connectivity index (χ1n) is 7.89. The van der Waals surface area contributed by atoms with Gasteiger partial charge in [-0.25, -0.2) is 8.42 Å². The number of rotatable bonds is 6. The maximum Gasteiger partial charge on any atom is 0.156 e. The zero-order valence-corrected chi connectivity index (χ0v) is 14.6. The predicted molar refractivity (Wildman–Crippen MR) is 85.8 cm³/mol. The van der Waals surface area contributed by atoms with Crippen molar-refractivity contribution in [2.24, 2.45) is 5.92 Å². The van der Waals surface area contributed by atoms with Crippen molar-refractivity contribution in [3.63, 3.8) is 0 Å². The summed E-state index contributed by atoms with van der Waals surface area (Å²) in [4.78, 5) is 2.32. The van der Waals surface area contributed by atoms with Crippen LogP contribution in [0.4, 0.5) is 0 Å². The maximum atomic E-state index is 12.2. The molecule has 1 saturated heterocycles. The molecule has 2 atom stereocenters. The molecule has 0 radical (unpaired) electrons. The van der Waals surface area contributed by atoms with Crippen molar-refractivity contribution in [1.82, 2.24) is 10.2 Å². The van der Waals surface area contributed by atoms with Crippen LogP contribution in [-0.4, -0.2) is 56.0 Å². The zero-order chi connectivity index (χ0) is 15.4. The fourth-order valence-electron chi connectivity index (χ4n) is 2.81. The average Bonchev–Trinajstić information content (AvgIpc) is 2.36. The first kappa shape index (κ1) is 17.9. The van der Waals surface area contributed by atoms with Crippen LogP contribution >= 0.6 is 0 Å². The monoisotopic (exact) mass is 304 g/mol. The fourth-order valence-corrected chi connectivity index (χ4v) is 3.92. The Labute approximate surface area is 125 Å². The van der Waals surface area contributed by atoms with Gasteiger partial charge in [0.05, 0.1) is 10.5 Å². The van der Waals surface area contributed by atoms with Crippen molar-refractivity contribution < 1.29 is 8.42 Å². The van der Waals surface area contributed by atoms with E-state index >= 15 is 0 Å². The second-order valence-corrected chi connectivity index (χ2v) is 9.72. The lowest BCUT2D eigenvalue weighted by atomic mass is 9.90. The van der Waals surface area contributed by atoms with E-state index in [1.54, 1.807) is 20.8 Å². The Morgan fingerprint density at radius 2 is 1.90 bits per heavy atom. The standard InChI is InChI=1S/C15H32N2O2S/c1-6-13-12-17(9-8-14(13)16-7-2)10-11-20(18,19)15(3,4)5/h13-14,16H,6-12H2,1-5H3. The van der Waals surface area contributed by atoms with Gasteiger partial charge in [-0.15, -0.1) is 0 Å². The van der Waals surface area contributed by atoms with Crippen LogP contribution in [0.1, 0.15) is 47.5 Å². The number of hydrogen-bond donors (Lipinski definition) is 1. The van der Waals surface area contributed by atoms with E-state index < -0.39 is 14.6 Å². The Hall–Kier alpha value is -0.130. The highest BCUT2D eigenvalue weighted by molar-refractivity contribution is 7.92. The Balaban J connectivity index is 2.52. The zero-order valence-electron chi connectivity index (χ0n) is 13.8. The number of hydrogen-bond acceptors (Lipinski definition) is 4. The van der Waals surface area contributed by atoms with Crippen LogP contribution in [0.25, 0.3) is 0 Å². The molecule has 0 aromatic rings. The van der Waals surface area contributed by atoms with Crippen molar-refractivity contribution in [1.29, 1.82) is 0 Å². The van der Waals surface area contributed by atoms with E-state index in [1.165, 1.54) is 0 Å². The molecule has 1 aliphatic heterocycles. The van der Waals surface area contributed by atoms with Gasteiger partial charge in [0.25, 0.3) is 0 Å². The molecule has 1 aliphatic rings. The molecule has 0 bridgehead atoms. The highest BCUT2D eigenvalue weighted by Crippen LogP contribution is 2.21. The number of piperidine rings is 1. The predicted octanol–water partition coefficient (Wildman–Crippen LogP) is 1.91. The second kappa shape index (κ2) is 7.23. The molecule has 0 aliphatic carbocycles. The van der Waals surface area contributed by atoms with Gasteiger partial charge in [-0.3, -0.25) is 0 Å². The molecule has 1 fully saturated rings. The summed E-state index contributed by atoms with van der Waals surface area (Å²) in [6.45, 7) is 13.5. The van der Waals surface area contributed by atoms with Gasteiger partial charge in [0, 0.05) is 19.1 Å². The molecule has 120 valence electrons. The fraction of sp³-hybridized carbons (Fsp3) is 1.00. The second-order valence-electron chi connectivity index (χ2n) is 6.85. The van der Waals surface area contributed by atoms with Crippen LogP contribution in [0.15, 0.2) is 0 Å². The summed E-state index contributed by atoms with van der Waals surface area (Å²) in [7, 11) is -3.00. The lowest BCUT2D eigenvalue weighted by Crippen LogP contribution is -2.50. The summed E-state index contributed by atoms with van der Waals surface area (Å²) in [5, 5.41) is 3.56. The van der Waals surface area contributed by atoms with Crippen LogP contribution in [-0.2, 0) is 9.84 Å². The highest BCUT2D eigenvalue weighted by atomic mass is 32.2. The molecule has 0 aromatic heterocycles. The van der Waals surface area contributed by atoms with E-state index in [0.29, 0.717) is 18.5 Å². The van der Waals surface area contributed by atoms with Gasteiger partial charge in [-0.2, -0.15) is 0 Å². The summed E-state index contributed by atoms with van der Waals surface area (Å²) in [6, 6.07) is 0.598. The van der Waals surface area contributed by atoms with Crippen molar-refractivity contribution in [2.45, 2.75) is 58.2 Å². The third-order valence-electron chi connectivity index (χ3n) is 4.42. The Morgan fingerprint density at radius 1 is 1.25 bits per heavy atom. The van der Waals surface area contributed by atoms with Crippen molar-refractivity contribution in [3.05, 3.63) is 0 Å². The molecule has 0 spiro atoms. The van der Waals surface area contributed by atoms with Crippen molar-refractivity contribution in [2.75, 3.05) is 31.9 Å². The summed E-state index contributed by atoms with van der Waals surface area (Å²) in [5.74, 6) is 0.916. The third-order valence-corrected chi connectivity index (χ3v) is 7.00. The van der Waals surface area contributed by atoms with Crippen molar-refractivity contribution >= 4 is 9.84 Å². The molecule has 4 nitrogen and oxygen atoms in total. The van der Waals surface area contributed by atoms with E-state index in [-0.39, 0.29) is 5.75 Å². The van der Waals surface area contributed by atoms with E-state index in [0.717, 1.165) is 32.5 Å². The molecular weight excluding hydrogens is 272 g/mol. The summed E-state index contributed by atoms with van der Waals surface area (Å²) >= 11 is 0. The Kier molecular flexibility index (Phi) is 6.48. The molecule has 0 amide bonds. The van der Waals surface area contributed by atoms with Crippen molar-refractivity contribution in [3.8, 4) is 0 Å². The van der Waals surface area contributed by atoms with Gasteiger partial charge < -0.3 is 10.2 Å². The first-order valence-corrected chi connectivity index (χ1v) is 9.54. The van der Waals surface area contributed by atoms with Crippen LogP contribution in [0.3, 0.4) is 0 Å². The number of likely N-dealkylation sites (tertiary alicyclic amines) is 1. The van der Waals surface area contributed by atoms with E-state index in [4.69, 9.17) is 0 Å². The average molecular weight is 305 g/mol. The normalized spacial score (nSPS) is 25.9. The van der Waals surface area contributed by atoms with Crippen LogP contribution < -0.4 is 5.32 Å². The Bertz CT molecular complexity index is 387. The minimum absolute atomic E-state index is 0.277. The SMILES string of the molecule is CCNC1CCN(CCS(=O)(=O)C(C)(C)C)CC1CC. The highest BCUT2D eigenvalue weighted by Gasteiger charge is 2.31. The molecule has 0 aromatic carbocycles. The van der Waals surface area contributed by atoms with Gasteiger partial charge in [0.1, 0.15) is 0 Å². The van der Waals surface area contributed by atoms with Gasteiger partial charge in [0.2, 0.25) is 0 Å². The smallest absolute Gasteiger partial charge is 0.156 e. The van der Waals surface area contributed by atoms with Crippen LogP contribution in [0.5, 0.6) is 0 Å². The minimum atomic E-state index is -3.00. The summed E-state index contributed by atoms with van der Waals surface area (Å²) in [5.41, 5.74) is 0. The molecule has 2 unspecified atom stereocenters. The lowest BCUT2D eigenvalue weighted by molar-refractivity contribution is 0.142. The summed E-state index contributed by atoms with van der Waals surface area (Å²) in [6.07, 6.45) is 2.28. The Morgan fingerprint density at radius 3 is 2.40 bits per heavy atom. The van der Waals surface area contributed by atoms with Crippen LogP contribution in [0.2, 0.25) is 0 Å².